The molecule has 0 unspecified atom stereocenters. The van der Waals surface area contributed by atoms with E-state index in [2.05, 4.69) is 16.7 Å². The van der Waals surface area contributed by atoms with Gasteiger partial charge in [-0.2, -0.15) is 0 Å². The van der Waals surface area contributed by atoms with Crippen LogP contribution in [0.4, 0.5) is 4.79 Å². The van der Waals surface area contributed by atoms with Gasteiger partial charge in [-0.1, -0.05) is 11.6 Å². The number of amides is 3. The van der Waals surface area contributed by atoms with Crippen molar-refractivity contribution < 1.29 is 9.59 Å². The SMILES string of the molecule is CNC(=O)NC(=O)[C@@H](C)C1=CCCCC1. The minimum absolute atomic E-state index is 0.192. The minimum atomic E-state index is -0.441. The van der Waals surface area contributed by atoms with Crippen LogP contribution in [-0.2, 0) is 4.79 Å². The van der Waals surface area contributed by atoms with Crippen LogP contribution >= 0.6 is 0 Å². The van der Waals surface area contributed by atoms with Crippen molar-refractivity contribution in [3.8, 4) is 0 Å². The predicted molar refractivity (Wildman–Crippen MR) is 58.3 cm³/mol. The molecule has 0 aliphatic heterocycles. The van der Waals surface area contributed by atoms with Gasteiger partial charge in [0.15, 0.2) is 0 Å². The average molecular weight is 210 g/mol. The summed E-state index contributed by atoms with van der Waals surface area (Å²) in [5, 5.41) is 4.66. The van der Waals surface area contributed by atoms with Gasteiger partial charge in [-0.05, 0) is 32.6 Å². The third-order valence-electron chi connectivity index (χ3n) is 2.74. The highest BCUT2D eigenvalue weighted by molar-refractivity contribution is 5.96. The van der Waals surface area contributed by atoms with Gasteiger partial charge in [0, 0.05) is 7.05 Å². The van der Waals surface area contributed by atoms with Gasteiger partial charge in [0.2, 0.25) is 5.91 Å². The molecule has 0 saturated carbocycles. The number of rotatable bonds is 2. The molecule has 0 spiro atoms. The summed E-state index contributed by atoms with van der Waals surface area (Å²) in [5.74, 6) is -0.412. The predicted octanol–water partition coefficient (Wildman–Crippen LogP) is 1.58. The number of urea groups is 1. The van der Waals surface area contributed by atoms with E-state index in [0.717, 1.165) is 24.8 Å². The van der Waals surface area contributed by atoms with E-state index >= 15 is 0 Å². The molecule has 0 bridgehead atoms. The molecule has 1 rings (SSSR count). The molecule has 0 aromatic carbocycles. The quantitative estimate of drug-likeness (QED) is 0.680. The van der Waals surface area contributed by atoms with Crippen LogP contribution in [0.1, 0.15) is 32.6 Å². The second-order valence-electron chi connectivity index (χ2n) is 3.81. The number of carbonyl (C=O) groups excluding carboxylic acids is 2. The molecule has 1 atom stereocenters. The molecule has 84 valence electrons. The number of imide groups is 1. The molecular weight excluding hydrogens is 192 g/mol. The number of hydrogen-bond acceptors (Lipinski definition) is 2. The summed E-state index contributed by atoms with van der Waals surface area (Å²) < 4.78 is 0. The van der Waals surface area contributed by atoms with E-state index in [1.54, 1.807) is 0 Å². The van der Waals surface area contributed by atoms with Crippen LogP contribution < -0.4 is 10.6 Å². The number of nitrogens with one attached hydrogen (secondary N) is 2. The van der Waals surface area contributed by atoms with Gasteiger partial charge in [0.1, 0.15) is 0 Å². The van der Waals surface area contributed by atoms with Crippen molar-refractivity contribution in [1.29, 1.82) is 0 Å². The fourth-order valence-electron chi connectivity index (χ4n) is 1.71. The Hall–Kier alpha value is -1.32. The van der Waals surface area contributed by atoms with E-state index in [9.17, 15) is 9.59 Å². The Morgan fingerprint density at radius 3 is 2.67 bits per heavy atom. The largest absolute Gasteiger partial charge is 0.341 e. The van der Waals surface area contributed by atoms with Crippen molar-refractivity contribution in [3.05, 3.63) is 11.6 Å². The van der Waals surface area contributed by atoms with Crippen molar-refractivity contribution in [2.45, 2.75) is 32.6 Å². The molecule has 0 fully saturated rings. The summed E-state index contributed by atoms with van der Waals surface area (Å²) in [4.78, 5) is 22.5. The maximum absolute atomic E-state index is 11.6. The normalized spacial score (nSPS) is 17.6. The number of hydrogen-bond donors (Lipinski definition) is 2. The summed E-state index contributed by atoms with van der Waals surface area (Å²) >= 11 is 0. The first-order chi connectivity index (χ1) is 7.15. The first-order valence-electron chi connectivity index (χ1n) is 5.36. The maximum Gasteiger partial charge on any atom is 0.321 e. The molecule has 0 saturated heterocycles. The third kappa shape index (κ3) is 3.38. The fourth-order valence-corrected chi connectivity index (χ4v) is 1.71. The standard InChI is InChI=1S/C11H18N2O2/c1-8(9-6-4-3-5-7-9)10(14)13-11(15)12-2/h6,8H,3-5,7H2,1-2H3,(H2,12,13,14,15)/t8-/m0/s1. The van der Waals surface area contributed by atoms with Crippen molar-refractivity contribution >= 4 is 11.9 Å². The Balaban J connectivity index is 2.51. The lowest BCUT2D eigenvalue weighted by Gasteiger charge is -2.18. The topological polar surface area (TPSA) is 58.2 Å². The summed E-state index contributed by atoms with van der Waals surface area (Å²) in [7, 11) is 1.49. The molecular formula is C11H18N2O2. The second-order valence-corrected chi connectivity index (χ2v) is 3.81. The van der Waals surface area contributed by atoms with Gasteiger partial charge in [-0.3, -0.25) is 10.1 Å². The lowest BCUT2D eigenvalue weighted by Crippen LogP contribution is -2.40. The minimum Gasteiger partial charge on any atom is -0.341 e. The molecule has 0 aromatic heterocycles. The van der Waals surface area contributed by atoms with Gasteiger partial charge in [0.05, 0.1) is 5.92 Å². The molecule has 4 nitrogen and oxygen atoms in total. The van der Waals surface area contributed by atoms with E-state index in [4.69, 9.17) is 0 Å². The van der Waals surface area contributed by atoms with Gasteiger partial charge in [-0.15, -0.1) is 0 Å². The van der Waals surface area contributed by atoms with Gasteiger partial charge >= 0.3 is 6.03 Å². The molecule has 3 amide bonds. The summed E-state index contributed by atoms with van der Waals surface area (Å²) in [6.07, 6.45) is 6.49. The Morgan fingerprint density at radius 1 is 1.40 bits per heavy atom. The highest BCUT2D eigenvalue weighted by atomic mass is 16.2. The van der Waals surface area contributed by atoms with E-state index < -0.39 is 6.03 Å². The van der Waals surface area contributed by atoms with Crippen LogP contribution in [0.25, 0.3) is 0 Å². The molecule has 1 aliphatic carbocycles. The van der Waals surface area contributed by atoms with Crippen LogP contribution in [0.15, 0.2) is 11.6 Å². The Morgan fingerprint density at radius 2 is 2.13 bits per heavy atom. The average Bonchev–Trinajstić information content (AvgIpc) is 2.29. The first-order valence-corrected chi connectivity index (χ1v) is 5.36. The van der Waals surface area contributed by atoms with E-state index in [-0.39, 0.29) is 11.8 Å². The second kappa shape index (κ2) is 5.53. The maximum atomic E-state index is 11.6. The van der Waals surface area contributed by atoms with Gasteiger partial charge in [-0.25, -0.2) is 4.79 Å². The molecule has 1 aliphatic rings. The van der Waals surface area contributed by atoms with Crippen LogP contribution in [0.2, 0.25) is 0 Å². The Bertz CT molecular complexity index is 284. The van der Waals surface area contributed by atoms with Gasteiger partial charge in [0.25, 0.3) is 0 Å². The molecule has 4 heteroatoms. The highest BCUT2D eigenvalue weighted by Crippen LogP contribution is 2.23. The summed E-state index contributed by atoms with van der Waals surface area (Å²) in [5.41, 5.74) is 1.16. The van der Waals surface area contributed by atoms with E-state index in [0.29, 0.717) is 0 Å². The van der Waals surface area contributed by atoms with Crippen LogP contribution in [0.3, 0.4) is 0 Å². The smallest absolute Gasteiger partial charge is 0.321 e. The summed E-state index contributed by atoms with van der Waals surface area (Å²) in [6.45, 7) is 1.84. The zero-order valence-electron chi connectivity index (χ0n) is 9.30. The first kappa shape index (κ1) is 11.8. The lowest BCUT2D eigenvalue weighted by atomic mass is 9.90. The van der Waals surface area contributed by atoms with Crippen LogP contribution in [0, 0.1) is 5.92 Å². The van der Waals surface area contributed by atoms with Gasteiger partial charge < -0.3 is 5.32 Å². The fraction of sp³-hybridized carbons (Fsp3) is 0.636. The molecule has 0 radical (unpaired) electrons. The number of allylic oxidation sites excluding steroid dienone is 1. The van der Waals surface area contributed by atoms with Crippen molar-refractivity contribution in [1.82, 2.24) is 10.6 Å². The number of carbonyl (C=O) groups is 2. The van der Waals surface area contributed by atoms with E-state index in [1.165, 1.54) is 13.5 Å². The Labute approximate surface area is 90.1 Å². The highest BCUT2D eigenvalue weighted by Gasteiger charge is 2.20. The van der Waals surface area contributed by atoms with Crippen molar-refractivity contribution in [2.75, 3.05) is 7.05 Å². The van der Waals surface area contributed by atoms with E-state index in [1.807, 2.05) is 6.92 Å². The molecule has 2 N–H and O–H groups in total. The molecule has 0 aromatic rings. The Kier molecular flexibility index (Phi) is 4.34. The zero-order valence-corrected chi connectivity index (χ0v) is 9.30. The third-order valence-corrected chi connectivity index (χ3v) is 2.74. The van der Waals surface area contributed by atoms with Crippen molar-refractivity contribution in [3.63, 3.8) is 0 Å². The monoisotopic (exact) mass is 210 g/mol. The summed E-state index contributed by atoms with van der Waals surface area (Å²) in [6, 6.07) is -0.441. The molecule has 0 heterocycles. The molecule has 15 heavy (non-hydrogen) atoms. The lowest BCUT2D eigenvalue weighted by molar-refractivity contribution is -0.122. The zero-order chi connectivity index (χ0) is 11.3. The van der Waals surface area contributed by atoms with Crippen LogP contribution in [0.5, 0.6) is 0 Å². The van der Waals surface area contributed by atoms with Crippen LogP contribution in [-0.4, -0.2) is 19.0 Å². The van der Waals surface area contributed by atoms with Crippen molar-refractivity contribution in [2.24, 2.45) is 5.92 Å².